The third kappa shape index (κ3) is 9.13. The Morgan fingerprint density at radius 2 is 1.33 bits per heavy atom. The van der Waals surface area contributed by atoms with Gasteiger partial charge >= 0.3 is 0 Å². The molecule has 0 spiro atoms. The van der Waals surface area contributed by atoms with Crippen LogP contribution in [0, 0.1) is 5.92 Å². The summed E-state index contributed by atoms with van der Waals surface area (Å²) in [5.74, 6) is 1.74. The molecule has 0 radical (unpaired) electrons. The van der Waals surface area contributed by atoms with Crippen molar-refractivity contribution in [2.75, 3.05) is 6.61 Å². The van der Waals surface area contributed by atoms with Crippen molar-refractivity contribution in [1.29, 1.82) is 0 Å². The number of hydrogen-bond donors (Lipinski definition) is 0. The van der Waals surface area contributed by atoms with Crippen LogP contribution in [-0.4, -0.2) is 6.61 Å². The summed E-state index contributed by atoms with van der Waals surface area (Å²) < 4.78 is 5.54. The normalized spacial score (nSPS) is 18.3. The zero-order valence-electron chi connectivity index (χ0n) is 21.1. The maximum atomic E-state index is 5.54. The molecule has 0 saturated heterocycles. The van der Waals surface area contributed by atoms with Crippen molar-refractivity contribution < 1.29 is 4.74 Å². The van der Waals surface area contributed by atoms with Gasteiger partial charge in [0, 0.05) is 0 Å². The van der Waals surface area contributed by atoms with Crippen molar-refractivity contribution in [3.8, 4) is 11.1 Å². The SMILES string of the molecule is C=CCOCc1ccc(-c2ccc(C3CCC(CCCCCCCCCC)CC3)cc2)cc1. The average molecular weight is 447 g/mol. The molecule has 1 heteroatoms. The Kier molecular flexibility index (Phi) is 11.8. The Labute approximate surface area is 203 Å². The van der Waals surface area contributed by atoms with Gasteiger partial charge in [-0.2, -0.15) is 0 Å². The van der Waals surface area contributed by atoms with E-state index in [9.17, 15) is 0 Å². The molecule has 1 nitrogen and oxygen atoms in total. The highest BCUT2D eigenvalue weighted by Crippen LogP contribution is 2.38. The van der Waals surface area contributed by atoms with Gasteiger partial charge in [-0.3, -0.25) is 0 Å². The van der Waals surface area contributed by atoms with Gasteiger partial charge in [0.05, 0.1) is 13.2 Å². The fraction of sp³-hybridized carbons (Fsp3) is 0.562. The maximum Gasteiger partial charge on any atom is 0.0721 e. The molecule has 0 atom stereocenters. The van der Waals surface area contributed by atoms with E-state index in [-0.39, 0.29) is 0 Å². The molecular weight excluding hydrogens is 400 g/mol. The molecule has 2 aromatic rings. The smallest absolute Gasteiger partial charge is 0.0721 e. The van der Waals surface area contributed by atoms with Gasteiger partial charge in [-0.1, -0.05) is 119 Å². The lowest BCUT2D eigenvalue weighted by Gasteiger charge is -2.29. The molecule has 3 rings (SSSR count). The molecule has 0 aromatic heterocycles. The first-order valence-corrected chi connectivity index (χ1v) is 13.7. The van der Waals surface area contributed by atoms with Crippen LogP contribution in [0.25, 0.3) is 11.1 Å². The third-order valence-electron chi connectivity index (χ3n) is 7.49. The first-order valence-electron chi connectivity index (χ1n) is 13.7. The van der Waals surface area contributed by atoms with Crippen LogP contribution in [-0.2, 0) is 11.3 Å². The van der Waals surface area contributed by atoms with E-state index >= 15 is 0 Å². The van der Waals surface area contributed by atoms with Gasteiger partial charge in [0.1, 0.15) is 0 Å². The molecule has 1 aliphatic rings. The van der Waals surface area contributed by atoms with E-state index in [0.717, 1.165) is 11.8 Å². The average Bonchev–Trinajstić information content (AvgIpc) is 2.87. The second-order valence-electron chi connectivity index (χ2n) is 10.1. The number of rotatable bonds is 15. The van der Waals surface area contributed by atoms with Gasteiger partial charge < -0.3 is 4.74 Å². The molecule has 1 aliphatic carbocycles. The summed E-state index contributed by atoms with van der Waals surface area (Å²) >= 11 is 0. The summed E-state index contributed by atoms with van der Waals surface area (Å²) in [4.78, 5) is 0. The highest BCUT2D eigenvalue weighted by atomic mass is 16.5. The van der Waals surface area contributed by atoms with Crippen LogP contribution in [0.4, 0.5) is 0 Å². The van der Waals surface area contributed by atoms with Gasteiger partial charge in [-0.15, -0.1) is 6.58 Å². The summed E-state index contributed by atoms with van der Waals surface area (Å²) in [6.07, 6.45) is 20.4. The van der Waals surface area contributed by atoms with Gasteiger partial charge in [-0.25, -0.2) is 0 Å². The van der Waals surface area contributed by atoms with E-state index in [0.29, 0.717) is 13.2 Å². The Bertz CT molecular complexity index is 765. The molecule has 0 unspecified atom stereocenters. The topological polar surface area (TPSA) is 9.23 Å². The Balaban J connectivity index is 1.36. The van der Waals surface area contributed by atoms with E-state index in [2.05, 4.69) is 62.0 Å². The van der Waals surface area contributed by atoms with Crippen molar-refractivity contribution >= 4 is 0 Å². The quantitative estimate of drug-likeness (QED) is 0.195. The first kappa shape index (κ1) is 25.8. The highest BCUT2D eigenvalue weighted by Gasteiger charge is 2.22. The molecule has 1 fully saturated rings. The highest BCUT2D eigenvalue weighted by molar-refractivity contribution is 5.64. The molecular formula is C32H46O. The standard InChI is InChI=1S/C32H46O/c1-3-5-6-7-8-9-10-11-12-27-13-17-29(18-14-27)31-21-23-32(24-22-31)30-19-15-28(16-20-30)26-33-25-4-2/h4,15-16,19-24,27,29H,2-3,5-14,17-18,25-26H2,1H3. The fourth-order valence-electron chi connectivity index (χ4n) is 5.35. The van der Waals surface area contributed by atoms with Crippen LogP contribution in [0.15, 0.2) is 61.2 Å². The zero-order valence-corrected chi connectivity index (χ0v) is 21.1. The van der Waals surface area contributed by atoms with Crippen LogP contribution >= 0.6 is 0 Å². The van der Waals surface area contributed by atoms with Crippen LogP contribution < -0.4 is 0 Å². The van der Waals surface area contributed by atoms with E-state index < -0.39 is 0 Å². The third-order valence-corrected chi connectivity index (χ3v) is 7.49. The summed E-state index contributed by atoms with van der Waals surface area (Å²) in [5.41, 5.74) is 5.34. The predicted molar refractivity (Wildman–Crippen MR) is 144 cm³/mol. The lowest BCUT2D eigenvalue weighted by atomic mass is 9.77. The van der Waals surface area contributed by atoms with Crippen LogP contribution in [0.1, 0.15) is 107 Å². The van der Waals surface area contributed by atoms with Gasteiger partial charge in [-0.05, 0) is 59.8 Å². The zero-order chi connectivity index (χ0) is 23.1. The van der Waals surface area contributed by atoms with Gasteiger partial charge in [0.15, 0.2) is 0 Å². The van der Waals surface area contributed by atoms with Crippen LogP contribution in [0.2, 0.25) is 0 Å². The molecule has 33 heavy (non-hydrogen) atoms. The second-order valence-corrected chi connectivity index (χ2v) is 10.1. The first-order chi connectivity index (χ1) is 16.3. The van der Waals surface area contributed by atoms with Crippen molar-refractivity contribution in [2.24, 2.45) is 5.92 Å². The van der Waals surface area contributed by atoms with Crippen LogP contribution in [0.5, 0.6) is 0 Å². The van der Waals surface area contributed by atoms with Crippen molar-refractivity contribution in [1.82, 2.24) is 0 Å². The molecule has 0 heterocycles. The van der Waals surface area contributed by atoms with Crippen molar-refractivity contribution in [2.45, 2.75) is 103 Å². The fourth-order valence-corrected chi connectivity index (χ4v) is 5.35. The number of hydrogen-bond acceptors (Lipinski definition) is 1. The minimum absolute atomic E-state index is 0.602. The molecule has 0 bridgehead atoms. The molecule has 0 amide bonds. The van der Waals surface area contributed by atoms with Crippen molar-refractivity contribution in [3.05, 3.63) is 72.3 Å². The summed E-state index contributed by atoms with van der Waals surface area (Å²) in [7, 11) is 0. The maximum absolute atomic E-state index is 5.54. The summed E-state index contributed by atoms with van der Waals surface area (Å²) in [6.45, 7) is 7.24. The number of benzene rings is 2. The predicted octanol–water partition coefficient (Wildman–Crippen LogP) is 9.86. The Morgan fingerprint density at radius 1 is 0.758 bits per heavy atom. The summed E-state index contributed by atoms with van der Waals surface area (Å²) in [6, 6.07) is 18.1. The van der Waals surface area contributed by atoms with E-state index in [1.54, 1.807) is 11.6 Å². The van der Waals surface area contributed by atoms with Gasteiger partial charge in [0.2, 0.25) is 0 Å². The lowest BCUT2D eigenvalue weighted by Crippen LogP contribution is -2.13. The number of ether oxygens (including phenoxy) is 1. The largest absolute Gasteiger partial charge is 0.373 e. The molecule has 2 aromatic carbocycles. The van der Waals surface area contributed by atoms with Gasteiger partial charge in [0.25, 0.3) is 0 Å². The molecule has 0 aliphatic heterocycles. The molecule has 0 N–H and O–H groups in total. The van der Waals surface area contributed by atoms with Crippen LogP contribution in [0.3, 0.4) is 0 Å². The monoisotopic (exact) mass is 446 g/mol. The second kappa shape index (κ2) is 15.1. The van der Waals surface area contributed by atoms with E-state index in [1.165, 1.54) is 100 Å². The van der Waals surface area contributed by atoms with E-state index in [1.807, 2.05) is 0 Å². The molecule has 180 valence electrons. The minimum atomic E-state index is 0.602. The Hall–Kier alpha value is -1.86. The number of unbranched alkanes of at least 4 members (excludes halogenated alkanes) is 7. The lowest BCUT2D eigenvalue weighted by molar-refractivity contribution is 0.149. The van der Waals surface area contributed by atoms with Crippen molar-refractivity contribution in [3.63, 3.8) is 0 Å². The molecule has 1 saturated carbocycles. The van der Waals surface area contributed by atoms with E-state index in [4.69, 9.17) is 4.74 Å². The Morgan fingerprint density at radius 3 is 1.94 bits per heavy atom. The minimum Gasteiger partial charge on any atom is -0.373 e. The summed E-state index contributed by atoms with van der Waals surface area (Å²) in [5, 5.41) is 0.